The second kappa shape index (κ2) is 8.53. The molecule has 7 nitrogen and oxygen atoms in total. The molecule has 0 atom stereocenters. The molecule has 0 aliphatic rings. The predicted molar refractivity (Wildman–Crippen MR) is 119 cm³/mol. The summed E-state index contributed by atoms with van der Waals surface area (Å²) in [5.41, 5.74) is 1.56. The van der Waals surface area contributed by atoms with Gasteiger partial charge in [0.25, 0.3) is 15.9 Å². The van der Waals surface area contributed by atoms with Crippen molar-refractivity contribution in [2.24, 2.45) is 0 Å². The van der Waals surface area contributed by atoms with Crippen LogP contribution in [0.1, 0.15) is 27.4 Å². The molecule has 0 unspecified atom stereocenters. The first-order valence-electron chi connectivity index (χ1n) is 8.97. The van der Waals surface area contributed by atoms with E-state index in [9.17, 15) is 13.2 Å². The number of carbonyl (C=O) groups is 1. The molecule has 1 aromatic heterocycles. The molecule has 0 spiro atoms. The highest BCUT2D eigenvalue weighted by Gasteiger charge is 2.22. The first kappa shape index (κ1) is 21.9. The van der Waals surface area contributed by atoms with Crippen LogP contribution in [-0.4, -0.2) is 21.4 Å². The summed E-state index contributed by atoms with van der Waals surface area (Å²) in [7, 11) is -2.46. The number of hydrogen-bond acceptors (Lipinski definition) is 5. The van der Waals surface area contributed by atoms with Gasteiger partial charge in [-0.2, -0.15) is 0 Å². The van der Waals surface area contributed by atoms with Gasteiger partial charge in [-0.3, -0.25) is 9.52 Å². The number of methoxy groups -OCH3 is 1. The van der Waals surface area contributed by atoms with Crippen LogP contribution in [0.15, 0.2) is 56.2 Å². The zero-order valence-electron chi connectivity index (χ0n) is 16.9. The number of furan rings is 1. The third kappa shape index (κ3) is 4.36. The van der Waals surface area contributed by atoms with Crippen LogP contribution in [0.25, 0.3) is 0 Å². The minimum atomic E-state index is -3.92. The normalized spacial score (nSPS) is 11.2. The molecule has 30 heavy (non-hydrogen) atoms. The fourth-order valence-corrected chi connectivity index (χ4v) is 4.89. The number of rotatable bonds is 6. The summed E-state index contributed by atoms with van der Waals surface area (Å²) < 4.78 is 39.8. The molecule has 0 saturated carbocycles. The summed E-state index contributed by atoms with van der Waals surface area (Å²) in [5, 5.41) is 2.73. The summed E-state index contributed by atoms with van der Waals surface area (Å²) >= 11 is 3.35. The molecule has 0 aliphatic carbocycles. The maximum atomic E-state index is 13.0. The van der Waals surface area contributed by atoms with Gasteiger partial charge in [0.15, 0.2) is 0 Å². The zero-order chi connectivity index (χ0) is 22.1. The number of ether oxygens (including phenoxy) is 1. The van der Waals surface area contributed by atoms with Crippen molar-refractivity contribution in [2.45, 2.75) is 25.7 Å². The quantitative estimate of drug-likeness (QED) is 0.502. The Morgan fingerprint density at radius 1 is 1.07 bits per heavy atom. The number of benzene rings is 2. The van der Waals surface area contributed by atoms with Gasteiger partial charge in [-0.25, -0.2) is 8.42 Å². The number of sulfonamides is 1. The van der Waals surface area contributed by atoms with Crippen LogP contribution in [-0.2, 0) is 10.0 Å². The third-order valence-corrected chi connectivity index (χ3v) is 6.96. The molecule has 3 rings (SSSR count). The topological polar surface area (TPSA) is 97.6 Å². The van der Waals surface area contributed by atoms with Crippen LogP contribution in [0.5, 0.6) is 5.75 Å². The lowest BCUT2D eigenvalue weighted by Crippen LogP contribution is -2.17. The Bertz CT molecular complexity index is 1220. The van der Waals surface area contributed by atoms with Crippen LogP contribution in [0.3, 0.4) is 0 Å². The van der Waals surface area contributed by atoms with Gasteiger partial charge < -0.3 is 14.5 Å². The van der Waals surface area contributed by atoms with Crippen molar-refractivity contribution in [1.29, 1.82) is 0 Å². The van der Waals surface area contributed by atoms with Gasteiger partial charge in [-0.15, -0.1) is 0 Å². The molecule has 2 N–H and O–H groups in total. The van der Waals surface area contributed by atoms with Gasteiger partial charge in [-0.05, 0) is 66.5 Å². The third-order valence-electron chi connectivity index (χ3n) is 4.50. The number of anilines is 2. The molecular formula is C21H21BrN2O5S. The highest BCUT2D eigenvalue weighted by atomic mass is 79.9. The van der Waals surface area contributed by atoms with Crippen LogP contribution < -0.4 is 14.8 Å². The molecule has 3 aromatic rings. The van der Waals surface area contributed by atoms with E-state index in [1.807, 2.05) is 0 Å². The summed E-state index contributed by atoms with van der Waals surface area (Å²) in [5.74, 6) is 1.06. The van der Waals surface area contributed by atoms with E-state index in [2.05, 4.69) is 26.0 Å². The van der Waals surface area contributed by atoms with Crippen LogP contribution in [0.2, 0.25) is 0 Å². The van der Waals surface area contributed by atoms with E-state index in [0.717, 1.165) is 0 Å². The van der Waals surface area contributed by atoms with E-state index >= 15 is 0 Å². The predicted octanol–water partition coefficient (Wildman–Crippen LogP) is 5.03. The van der Waals surface area contributed by atoms with Gasteiger partial charge in [0.2, 0.25) is 0 Å². The monoisotopic (exact) mass is 492 g/mol. The highest BCUT2D eigenvalue weighted by Crippen LogP contribution is 2.30. The van der Waals surface area contributed by atoms with E-state index in [-0.39, 0.29) is 4.90 Å². The fourth-order valence-electron chi connectivity index (χ4n) is 3.01. The van der Waals surface area contributed by atoms with E-state index in [4.69, 9.17) is 9.15 Å². The maximum absolute atomic E-state index is 13.0. The van der Waals surface area contributed by atoms with Crippen molar-refractivity contribution in [2.75, 3.05) is 17.1 Å². The molecule has 0 bridgehead atoms. The molecule has 0 fully saturated rings. The second-order valence-electron chi connectivity index (χ2n) is 6.64. The second-order valence-corrected chi connectivity index (χ2v) is 9.09. The summed E-state index contributed by atoms with van der Waals surface area (Å²) in [6, 6.07) is 11.4. The van der Waals surface area contributed by atoms with Gasteiger partial charge in [0.05, 0.1) is 27.7 Å². The lowest BCUT2D eigenvalue weighted by molar-refractivity contribution is 0.102. The van der Waals surface area contributed by atoms with Gasteiger partial charge in [0, 0.05) is 5.69 Å². The lowest BCUT2D eigenvalue weighted by atomic mass is 10.2. The Hall–Kier alpha value is -2.78. The molecular weight excluding hydrogens is 472 g/mol. The minimum Gasteiger partial charge on any atom is -0.495 e. The molecule has 9 heteroatoms. The van der Waals surface area contributed by atoms with Gasteiger partial charge >= 0.3 is 0 Å². The SMILES string of the molecule is COc1ccccc1NS(=O)(=O)c1cc(NC(=O)c2c(C)oc(C)c2Br)ccc1C. The van der Waals surface area contributed by atoms with Gasteiger partial charge in [0.1, 0.15) is 17.3 Å². The Labute approximate surface area is 183 Å². The number of hydrogen-bond donors (Lipinski definition) is 2. The van der Waals surface area contributed by atoms with Crippen LogP contribution in [0, 0.1) is 20.8 Å². The Balaban J connectivity index is 1.92. The highest BCUT2D eigenvalue weighted by molar-refractivity contribution is 9.10. The number of carbonyl (C=O) groups excluding carboxylic acids is 1. The van der Waals surface area contributed by atoms with Gasteiger partial charge in [-0.1, -0.05) is 18.2 Å². The molecule has 1 heterocycles. The minimum absolute atomic E-state index is 0.0466. The summed E-state index contributed by atoms with van der Waals surface area (Å²) in [6.45, 7) is 5.12. The molecule has 0 radical (unpaired) electrons. The zero-order valence-corrected chi connectivity index (χ0v) is 19.3. The molecule has 2 aromatic carbocycles. The van der Waals surface area contributed by atoms with Crippen molar-refractivity contribution in [3.63, 3.8) is 0 Å². The first-order valence-corrected chi connectivity index (χ1v) is 11.2. The number of nitrogens with one attached hydrogen (secondary N) is 2. The fraction of sp³-hybridized carbons (Fsp3) is 0.190. The van der Waals surface area contributed by atoms with E-state index in [0.29, 0.717) is 44.2 Å². The van der Waals surface area contributed by atoms with Crippen molar-refractivity contribution in [3.05, 3.63) is 69.6 Å². The average molecular weight is 493 g/mol. The molecule has 1 amide bonds. The van der Waals surface area contributed by atoms with Crippen molar-refractivity contribution in [3.8, 4) is 5.75 Å². The standard InChI is InChI=1S/C21H21BrN2O5S/c1-12-9-10-15(23-21(25)19-13(2)29-14(3)20(19)22)11-18(12)30(26,27)24-16-7-5-6-8-17(16)28-4/h5-11,24H,1-4H3,(H,23,25). The first-order chi connectivity index (χ1) is 14.1. The molecule has 158 valence electrons. The maximum Gasteiger partial charge on any atom is 0.262 e. The Morgan fingerprint density at radius 2 is 1.77 bits per heavy atom. The van der Waals surface area contributed by atoms with Crippen LogP contribution >= 0.6 is 15.9 Å². The Kier molecular flexibility index (Phi) is 6.23. The largest absolute Gasteiger partial charge is 0.495 e. The van der Waals surface area contributed by atoms with E-state index in [1.165, 1.54) is 13.2 Å². The smallest absolute Gasteiger partial charge is 0.262 e. The van der Waals surface area contributed by atoms with Crippen molar-refractivity contribution in [1.82, 2.24) is 0 Å². The molecule has 0 saturated heterocycles. The number of halogens is 1. The Morgan fingerprint density at radius 3 is 2.40 bits per heavy atom. The lowest BCUT2D eigenvalue weighted by Gasteiger charge is -2.14. The van der Waals surface area contributed by atoms with Crippen LogP contribution in [0.4, 0.5) is 11.4 Å². The summed E-state index contributed by atoms with van der Waals surface area (Å²) in [6.07, 6.45) is 0. The van der Waals surface area contributed by atoms with Crippen molar-refractivity contribution >= 4 is 43.2 Å². The summed E-state index contributed by atoms with van der Waals surface area (Å²) in [4.78, 5) is 12.8. The number of para-hydroxylation sites is 2. The van der Waals surface area contributed by atoms with E-state index in [1.54, 1.807) is 57.2 Å². The molecule has 0 aliphatic heterocycles. The van der Waals surface area contributed by atoms with Crippen molar-refractivity contribution < 1.29 is 22.4 Å². The number of aryl methyl sites for hydroxylation is 3. The number of amides is 1. The average Bonchev–Trinajstić information content (AvgIpc) is 2.95. The van der Waals surface area contributed by atoms with E-state index < -0.39 is 15.9 Å².